The zero-order valence-electron chi connectivity index (χ0n) is 7.27. The molecule has 0 aromatic heterocycles. The molecule has 0 N–H and O–H groups in total. The zero-order chi connectivity index (χ0) is 7.94. The van der Waals surface area contributed by atoms with Gasteiger partial charge in [-0.3, -0.25) is 0 Å². The van der Waals surface area contributed by atoms with Crippen LogP contribution in [0.15, 0.2) is 12.2 Å². The molecule has 1 rings (SSSR count). The topological polar surface area (TPSA) is 0 Å². The lowest BCUT2D eigenvalue weighted by atomic mass is 10.0. The Morgan fingerprint density at radius 1 is 1.36 bits per heavy atom. The third-order valence-corrected chi connectivity index (χ3v) is 2.20. The molecular weight excluding hydrogens is 132 g/mol. The van der Waals surface area contributed by atoms with E-state index >= 15 is 0 Å². The highest BCUT2D eigenvalue weighted by atomic mass is 14.1. The second-order valence-corrected chi connectivity index (χ2v) is 3.13. The van der Waals surface area contributed by atoms with Crippen molar-refractivity contribution >= 4 is 0 Å². The van der Waals surface area contributed by atoms with Crippen molar-refractivity contribution in [3.05, 3.63) is 12.2 Å². The number of hydrogen-bond acceptors (Lipinski definition) is 0. The number of hydrogen-bond donors (Lipinski definition) is 0. The maximum Gasteiger partial charge on any atom is 0.00886 e. The van der Waals surface area contributed by atoms with Crippen molar-refractivity contribution < 1.29 is 0 Å². The van der Waals surface area contributed by atoms with Crippen LogP contribution in [0.5, 0.6) is 0 Å². The van der Waals surface area contributed by atoms with E-state index in [1.807, 2.05) is 6.92 Å². The molecule has 0 nitrogen and oxygen atoms in total. The molecule has 0 aromatic carbocycles. The van der Waals surface area contributed by atoms with Crippen LogP contribution in [-0.4, -0.2) is 0 Å². The Bertz CT molecular complexity index is 170. The van der Waals surface area contributed by atoms with E-state index in [9.17, 15) is 0 Å². The lowest BCUT2D eigenvalue weighted by Crippen LogP contribution is -1.92. The fourth-order valence-corrected chi connectivity index (χ4v) is 1.51. The molecule has 0 aromatic rings. The molecular formula is C11H16. The third kappa shape index (κ3) is 3.28. The van der Waals surface area contributed by atoms with Crippen molar-refractivity contribution in [2.24, 2.45) is 5.92 Å². The van der Waals surface area contributed by atoms with Crippen LogP contribution in [0.1, 0.15) is 39.0 Å². The molecule has 1 aliphatic carbocycles. The van der Waals surface area contributed by atoms with E-state index in [-0.39, 0.29) is 0 Å². The highest BCUT2D eigenvalue weighted by molar-refractivity contribution is 4.96. The molecule has 0 unspecified atom stereocenters. The van der Waals surface area contributed by atoms with E-state index in [4.69, 9.17) is 0 Å². The Kier molecular flexibility index (Phi) is 3.83. The third-order valence-electron chi connectivity index (χ3n) is 2.20. The van der Waals surface area contributed by atoms with E-state index in [1.54, 1.807) is 0 Å². The van der Waals surface area contributed by atoms with E-state index in [0.29, 0.717) is 0 Å². The van der Waals surface area contributed by atoms with Gasteiger partial charge in [-0.2, -0.15) is 0 Å². The number of rotatable bonds is 3. The smallest absolute Gasteiger partial charge is 0.00886 e. The van der Waals surface area contributed by atoms with Crippen LogP contribution >= 0.6 is 0 Å². The van der Waals surface area contributed by atoms with Gasteiger partial charge >= 0.3 is 0 Å². The van der Waals surface area contributed by atoms with Crippen molar-refractivity contribution in [2.45, 2.75) is 39.0 Å². The first-order valence-corrected chi connectivity index (χ1v) is 4.48. The van der Waals surface area contributed by atoms with E-state index < -0.39 is 0 Å². The van der Waals surface area contributed by atoms with Gasteiger partial charge in [0.25, 0.3) is 0 Å². The lowest BCUT2D eigenvalue weighted by molar-refractivity contribution is 0.504. The summed E-state index contributed by atoms with van der Waals surface area (Å²) in [6.07, 6.45) is 11.0. The minimum atomic E-state index is 0.939. The molecule has 0 atom stereocenters. The van der Waals surface area contributed by atoms with Gasteiger partial charge in [-0.1, -0.05) is 12.2 Å². The van der Waals surface area contributed by atoms with Crippen LogP contribution in [0.25, 0.3) is 0 Å². The van der Waals surface area contributed by atoms with Crippen LogP contribution < -0.4 is 0 Å². The summed E-state index contributed by atoms with van der Waals surface area (Å²) in [5.74, 6) is 6.97. The Labute approximate surface area is 69.7 Å². The molecule has 0 spiro atoms. The molecule has 60 valence electrons. The van der Waals surface area contributed by atoms with Gasteiger partial charge in [-0.05, 0) is 38.5 Å². The summed E-state index contributed by atoms with van der Waals surface area (Å²) in [7, 11) is 0. The highest BCUT2D eigenvalue weighted by Gasteiger charge is 2.08. The van der Waals surface area contributed by atoms with Gasteiger partial charge in [-0.15, -0.1) is 11.8 Å². The predicted octanol–water partition coefficient (Wildman–Crippen LogP) is 3.15. The normalized spacial score (nSPS) is 16.5. The molecule has 0 fully saturated rings. The minimum absolute atomic E-state index is 0.939. The van der Waals surface area contributed by atoms with E-state index in [1.165, 1.54) is 25.7 Å². The summed E-state index contributed by atoms with van der Waals surface area (Å²) >= 11 is 0. The van der Waals surface area contributed by atoms with E-state index in [0.717, 1.165) is 12.3 Å². The van der Waals surface area contributed by atoms with Crippen LogP contribution in [0.2, 0.25) is 0 Å². The van der Waals surface area contributed by atoms with Crippen LogP contribution in [0.3, 0.4) is 0 Å². The van der Waals surface area contributed by atoms with Crippen molar-refractivity contribution in [2.75, 3.05) is 0 Å². The molecule has 0 heterocycles. The summed E-state index contributed by atoms with van der Waals surface area (Å²) < 4.78 is 0. The van der Waals surface area contributed by atoms with Gasteiger partial charge in [-0.25, -0.2) is 0 Å². The minimum Gasteiger partial charge on any atom is -0.107 e. The van der Waals surface area contributed by atoms with Gasteiger partial charge in [0, 0.05) is 6.42 Å². The molecule has 0 bridgehead atoms. The Morgan fingerprint density at radius 2 is 2.09 bits per heavy atom. The summed E-state index contributed by atoms with van der Waals surface area (Å²) in [5, 5.41) is 0. The lowest BCUT2D eigenvalue weighted by Gasteiger charge is -2.05. The van der Waals surface area contributed by atoms with Crippen LogP contribution in [-0.2, 0) is 0 Å². The fourth-order valence-electron chi connectivity index (χ4n) is 1.51. The SMILES string of the molecule is CC#CCCCC1CC=CC1. The fraction of sp³-hybridized carbons (Fsp3) is 0.636. The van der Waals surface area contributed by atoms with Gasteiger partial charge in [0.05, 0.1) is 0 Å². The molecule has 0 aliphatic heterocycles. The van der Waals surface area contributed by atoms with Crippen molar-refractivity contribution in [3.8, 4) is 11.8 Å². The largest absolute Gasteiger partial charge is 0.107 e. The first-order valence-electron chi connectivity index (χ1n) is 4.48. The average molecular weight is 148 g/mol. The van der Waals surface area contributed by atoms with Crippen molar-refractivity contribution in [3.63, 3.8) is 0 Å². The first kappa shape index (κ1) is 8.40. The van der Waals surface area contributed by atoms with Crippen molar-refractivity contribution in [1.82, 2.24) is 0 Å². The number of unbranched alkanes of at least 4 members (excludes halogenated alkanes) is 1. The molecule has 0 radical (unpaired) electrons. The summed E-state index contributed by atoms with van der Waals surface area (Å²) in [5.41, 5.74) is 0. The monoisotopic (exact) mass is 148 g/mol. The highest BCUT2D eigenvalue weighted by Crippen LogP contribution is 2.22. The Hall–Kier alpha value is -0.700. The molecule has 0 saturated carbocycles. The standard InChI is InChI=1S/C11H16/c1-2-3-4-5-8-11-9-6-7-10-11/h6-7,11H,4-5,8-10H2,1H3. The van der Waals surface area contributed by atoms with Gasteiger partial charge in [0.2, 0.25) is 0 Å². The molecule has 0 amide bonds. The quantitative estimate of drug-likeness (QED) is 0.327. The maximum absolute atomic E-state index is 3.10. The summed E-state index contributed by atoms with van der Waals surface area (Å²) in [6, 6.07) is 0. The summed E-state index contributed by atoms with van der Waals surface area (Å²) in [4.78, 5) is 0. The first-order chi connectivity index (χ1) is 5.43. The van der Waals surface area contributed by atoms with Crippen LogP contribution in [0.4, 0.5) is 0 Å². The van der Waals surface area contributed by atoms with Gasteiger partial charge in [0.1, 0.15) is 0 Å². The van der Waals surface area contributed by atoms with E-state index in [2.05, 4.69) is 24.0 Å². The molecule has 11 heavy (non-hydrogen) atoms. The van der Waals surface area contributed by atoms with Crippen LogP contribution in [0, 0.1) is 17.8 Å². The molecule has 1 aliphatic rings. The average Bonchev–Trinajstić information content (AvgIpc) is 2.50. The van der Waals surface area contributed by atoms with Crippen molar-refractivity contribution in [1.29, 1.82) is 0 Å². The van der Waals surface area contributed by atoms with Gasteiger partial charge < -0.3 is 0 Å². The zero-order valence-corrected chi connectivity index (χ0v) is 7.27. The van der Waals surface area contributed by atoms with Gasteiger partial charge in [0.15, 0.2) is 0 Å². The molecule has 0 heteroatoms. The second-order valence-electron chi connectivity index (χ2n) is 3.13. The second kappa shape index (κ2) is 5.02. The summed E-state index contributed by atoms with van der Waals surface area (Å²) in [6.45, 7) is 1.91. The Balaban J connectivity index is 1.98. The molecule has 0 saturated heterocycles. The number of allylic oxidation sites excluding steroid dienone is 2. The maximum atomic E-state index is 3.10. The Morgan fingerprint density at radius 3 is 2.73 bits per heavy atom. The predicted molar refractivity (Wildman–Crippen MR) is 49.2 cm³/mol.